The third kappa shape index (κ3) is 6.59. The van der Waals surface area contributed by atoms with E-state index < -0.39 is 0 Å². The fourth-order valence-electron chi connectivity index (χ4n) is 5.18. The molecular formula is C29H36BrN5O5. The molecule has 1 N–H and O–H groups in total. The number of hydrogen-bond donors (Lipinski definition) is 1. The molecule has 1 aromatic heterocycles. The third-order valence-electron chi connectivity index (χ3n) is 7.30. The van der Waals surface area contributed by atoms with E-state index in [1.807, 2.05) is 44.4 Å². The number of ether oxygens (including phenoxy) is 4. The first-order valence-corrected chi connectivity index (χ1v) is 14.4. The van der Waals surface area contributed by atoms with Crippen LogP contribution in [0.1, 0.15) is 25.7 Å². The zero-order valence-corrected chi connectivity index (χ0v) is 24.8. The van der Waals surface area contributed by atoms with Gasteiger partial charge in [0.25, 0.3) is 0 Å². The number of fused-ring (bicyclic) bond motifs is 1. The van der Waals surface area contributed by atoms with Crippen LogP contribution in [0, 0.1) is 0 Å². The number of carbonyl (C=O) groups is 1. The van der Waals surface area contributed by atoms with Gasteiger partial charge < -0.3 is 29.2 Å². The molecule has 2 fully saturated rings. The molecule has 0 unspecified atom stereocenters. The van der Waals surface area contributed by atoms with Crippen LogP contribution in [0.15, 0.2) is 41.1 Å². The van der Waals surface area contributed by atoms with Crippen molar-refractivity contribution in [2.24, 2.45) is 0 Å². The Morgan fingerprint density at radius 2 is 1.98 bits per heavy atom. The van der Waals surface area contributed by atoms with E-state index in [2.05, 4.69) is 36.1 Å². The van der Waals surface area contributed by atoms with E-state index in [-0.39, 0.29) is 18.1 Å². The zero-order chi connectivity index (χ0) is 28.1. The quantitative estimate of drug-likeness (QED) is 0.351. The predicted octanol–water partition coefficient (Wildman–Crippen LogP) is 4.63. The summed E-state index contributed by atoms with van der Waals surface area (Å²) in [7, 11) is 5.25. The number of likely N-dealkylation sites (tertiary alicyclic amines) is 1. The lowest BCUT2D eigenvalue weighted by molar-refractivity contribution is -0.133. The lowest BCUT2D eigenvalue weighted by Crippen LogP contribution is -2.44. The number of anilines is 2. The molecule has 3 aromatic rings. The molecule has 214 valence electrons. The summed E-state index contributed by atoms with van der Waals surface area (Å²) in [6.07, 6.45) is 5.06. The lowest BCUT2D eigenvalue weighted by atomic mass is 10.1. The predicted molar refractivity (Wildman–Crippen MR) is 157 cm³/mol. The van der Waals surface area contributed by atoms with Gasteiger partial charge in [0.2, 0.25) is 5.91 Å². The molecule has 1 atom stereocenters. The molecule has 2 aliphatic heterocycles. The number of likely N-dealkylation sites (N-methyl/N-ethyl adjacent to an activating group) is 1. The maximum absolute atomic E-state index is 12.6. The molecule has 3 heterocycles. The van der Waals surface area contributed by atoms with Gasteiger partial charge in [-0.3, -0.25) is 9.69 Å². The number of carbonyl (C=O) groups excluding carboxylic acids is 1. The highest BCUT2D eigenvalue weighted by Gasteiger charge is 2.31. The molecule has 40 heavy (non-hydrogen) atoms. The SMILES string of the molecule is COc1ccc(Br)c(Nc2ncnc3cc(OCCN4CCC[C@H]4C(=O)N(C)C)cc(OC4CCOCC4)c23)c1. The van der Waals surface area contributed by atoms with Gasteiger partial charge in [-0.05, 0) is 47.4 Å². The molecule has 5 rings (SSSR count). The zero-order valence-electron chi connectivity index (χ0n) is 23.2. The maximum atomic E-state index is 12.6. The molecule has 0 aliphatic carbocycles. The van der Waals surface area contributed by atoms with Crippen molar-refractivity contribution in [3.8, 4) is 17.2 Å². The molecule has 0 spiro atoms. The fourth-order valence-corrected chi connectivity index (χ4v) is 5.53. The summed E-state index contributed by atoms with van der Waals surface area (Å²) in [5, 5.41) is 4.20. The number of hydrogen-bond acceptors (Lipinski definition) is 9. The highest BCUT2D eigenvalue weighted by atomic mass is 79.9. The van der Waals surface area contributed by atoms with E-state index in [4.69, 9.17) is 18.9 Å². The van der Waals surface area contributed by atoms with Gasteiger partial charge in [0.15, 0.2) is 0 Å². The van der Waals surface area contributed by atoms with Crippen LogP contribution in [0.2, 0.25) is 0 Å². The monoisotopic (exact) mass is 613 g/mol. The third-order valence-corrected chi connectivity index (χ3v) is 7.99. The lowest BCUT2D eigenvalue weighted by Gasteiger charge is -2.26. The van der Waals surface area contributed by atoms with E-state index in [9.17, 15) is 4.79 Å². The Morgan fingerprint density at radius 3 is 2.75 bits per heavy atom. The van der Waals surface area contributed by atoms with Crippen molar-refractivity contribution in [2.45, 2.75) is 37.8 Å². The van der Waals surface area contributed by atoms with Crippen LogP contribution >= 0.6 is 15.9 Å². The van der Waals surface area contributed by atoms with Gasteiger partial charge in [0.05, 0.1) is 43.0 Å². The Labute approximate surface area is 243 Å². The number of benzene rings is 2. The van der Waals surface area contributed by atoms with E-state index in [1.165, 1.54) is 6.33 Å². The summed E-state index contributed by atoms with van der Waals surface area (Å²) in [6, 6.07) is 9.46. The van der Waals surface area contributed by atoms with Gasteiger partial charge in [0, 0.05) is 56.2 Å². The number of methoxy groups -OCH3 is 1. The summed E-state index contributed by atoms with van der Waals surface area (Å²) < 4.78 is 24.6. The van der Waals surface area contributed by atoms with Crippen molar-refractivity contribution in [3.05, 3.63) is 41.1 Å². The highest BCUT2D eigenvalue weighted by molar-refractivity contribution is 9.10. The first kappa shape index (κ1) is 28.4. The Balaban J connectivity index is 1.41. The molecule has 2 aliphatic rings. The number of amides is 1. The largest absolute Gasteiger partial charge is 0.497 e. The summed E-state index contributed by atoms with van der Waals surface area (Å²) >= 11 is 3.61. The average molecular weight is 615 g/mol. The van der Waals surface area contributed by atoms with Crippen LogP contribution in [-0.2, 0) is 9.53 Å². The van der Waals surface area contributed by atoms with Crippen molar-refractivity contribution >= 4 is 44.2 Å². The maximum Gasteiger partial charge on any atom is 0.239 e. The van der Waals surface area contributed by atoms with Crippen LogP contribution < -0.4 is 19.5 Å². The van der Waals surface area contributed by atoms with Gasteiger partial charge in [0.1, 0.15) is 42.1 Å². The van der Waals surface area contributed by atoms with E-state index >= 15 is 0 Å². The second kappa shape index (κ2) is 13.0. The van der Waals surface area contributed by atoms with E-state index in [0.29, 0.717) is 49.2 Å². The number of halogens is 1. The Morgan fingerprint density at radius 1 is 1.15 bits per heavy atom. The molecule has 0 bridgehead atoms. The topological polar surface area (TPSA) is 98.3 Å². The molecule has 1 amide bonds. The molecule has 11 heteroatoms. The van der Waals surface area contributed by atoms with Gasteiger partial charge in [-0.15, -0.1) is 0 Å². The summed E-state index contributed by atoms with van der Waals surface area (Å²) in [4.78, 5) is 25.6. The van der Waals surface area contributed by atoms with Crippen molar-refractivity contribution in [3.63, 3.8) is 0 Å². The minimum Gasteiger partial charge on any atom is -0.497 e. The number of nitrogens with one attached hydrogen (secondary N) is 1. The molecule has 0 saturated carbocycles. The van der Waals surface area contributed by atoms with E-state index in [0.717, 1.165) is 53.5 Å². The van der Waals surface area contributed by atoms with Gasteiger partial charge in [-0.1, -0.05) is 0 Å². The van der Waals surface area contributed by atoms with Crippen LogP contribution in [-0.4, -0.2) is 91.9 Å². The van der Waals surface area contributed by atoms with Crippen LogP contribution in [0.4, 0.5) is 11.5 Å². The summed E-state index contributed by atoms with van der Waals surface area (Å²) in [5.41, 5.74) is 1.52. The van der Waals surface area contributed by atoms with Gasteiger partial charge in [-0.25, -0.2) is 9.97 Å². The standard InChI is InChI=1S/C29H36BrN5O5/c1-34(2)29(36)25-5-4-10-35(25)11-14-39-21-16-24-27(26(17-21)40-19-8-12-38-13-9-19)28(32-18-31-24)33-23-15-20(37-3)6-7-22(23)30/h6-7,15-19,25H,4-5,8-14H2,1-3H3,(H,31,32,33)/t25-/m0/s1. The molecule has 0 radical (unpaired) electrons. The Bertz CT molecular complexity index is 1330. The average Bonchev–Trinajstić information content (AvgIpc) is 3.42. The number of aromatic nitrogens is 2. The van der Waals surface area contributed by atoms with Gasteiger partial charge in [-0.2, -0.15) is 0 Å². The molecular weight excluding hydrogens is 578 g/mol. The smallest absolute Gasteiger partial charge is 0.239 e. The van der Waals surface area contributed by atoms with Gasteiger partial charge >= 0.3 is 0 Å². The van der Waals surface area contributed by atoms with Crippen molar-refractivity contribution in [1.82, 2.24) is 19.8 Å². The number of nitrogens with zero attached hydrogens (tertiary/aromatic N) is 4. The normalized spacial score (nSPS) is 18.1. The Kier molecular flexibility index (Phi) is 9.23. The molecule has 2 saturated heterocycles. The second-order valence-corrected chi connectivity index (χ2v) is 11.1. The van der Waals surface area contributed by atoms with Crippen molar-refractivity contribution < 1.29 is 23.7 Å². The molecule has 10 nitrogen and oxygen atoms in total. The molecule has 2 aromatic carbocycles. The van der Waals surface area contributed by atoms with Crippen LogP contribution in [0.3, 0.4) is 0 Å². The highest BCUT2D eigenvalue weighted by Crippen LogP contribution is 2.38. The number of rotatable bonds is 10. The summed E-state index contributed by atoms with van der Waals surface area (Å²) in [5.74, 6) is 2.81. The first-order valence-electron chi connectivity index (χ1n) is 13.6. The Hall–Kier alpha value is -3.15. The second-order valence-electron chi connectivity index (χ2n) is 10.2. The first-order chi connectivity index (χ1) is 19.4. The minimum absolute atomic E-state index is 0.0196. The van der Waals surface area contributed by atoms with Crippen molar-refractivity contribution in [1.29, 1.82) is 0 Å². The van der Waals surface area contributed by atoms with E-state index in [1.54, 1.807) is 12.0 Å². The summed E-state index contributed by atoms with van der Waals surface area (Å²) in [6.45, 7) is 3.34. The van der Waals surface area contributed by atoms with Crippen molar-refractivity contribution in [2.75, 3.05) is 59.4 Å². The minimum atomic E-state index is -0.0834. The van der Waals surface area contributed by atoms with Crippen LogP contribution in [0.5, 0.6) is 17.2 Å². The van der Waals surface area contributed by atoms with Crippen LogP contribution in [0.25, 0.3) is 10.9 Å². The fraction of sp³-hybridized carbons (Fsp3) is 0.483.